The molecule has 2 heterocycles. The Bertz CT molecular complexity index is 677. The van der Waals surface area contributed by atoms with Crippen LogP contribution < -0.4 is 5.32 Å². The molecule has 2 N–H and O–H groups in total. The van der Waals surface area contributed by atoms with Gasteiger partial charge < -0.3 is 14.7 Å². The smallest absolute Gasteiger partial charge is 0.208 e. The summed E-state index contributed by atoms with van der Waals surface area (Å²) in [4.78, 5) is 7.63. The minimum absolute atomic E-state index is 0.645. The second kappa shape index (κ2) is 4.90. The van der Waals surface area contributed by atoms with Crippen LogP contribution in [0.2, 0.25) is 0 Å². The first-order chi connectivity index (χ1) is 9.24. The molecule has 0 fully saturated rings. The van der Waals surface area contributed by atoms with E-state index >= 15 is 0 Å². The average molecular weight is 255 g/mol. The Labute approximate surface area is 111 Å². The van der Waals surface area contributed by atoms with Crippen LogP contribution >= 0.6 is 0 Å². The third-order valence-electron chi connectivity index (χ3n) is 3.34. The maximum atomic E-state index is 5.54. The lowest BCUT2D eigenvalue weighted by molar-refractivity contribution is 0.449. The van der Waals surface area contributed by atoms with Crippen molar-refractivity contribution in [1.29, 1.82) is 0 Å². The molecule has 1 aromatic carbocycles. The highest BCUT2D eigenvalue weighted by atomic mass is 16.4. The van der Waals surface area contributed by atoms with E-state index in [1.54, 1.807) is 0 Å². The zero-order valence-electron chi connectivity index (χ0n) is 11.2. The summed E-state index contributed by atoms with van der Waals surface area (Å²) in [7, 11) is 0. The van der Waals surface area contributed by atoms with E-state index in [4.69, 9.17) is 4.42 Å². The van der Waals surface area contributed by atoms with Crippen molar-refractivity contribution in [3.63, 3.8) is 0 Å². The van der Waals surface area contributed by atoms with Crippen molar-refractivity contribution < 1.29 is 4.42 Å². The Balaban J connectivity index is 1.68. The fraction of sp³-hybridized carbons (Fsp3) is 0.267. The first-order valence-electron chi connectivity index (χ1n) is 6.42. The molecule has 19 heavy (non-hydrogen) atoms. The Morgan fingerprint density at radius 3 is 2.89 bits per heavy atom. The predicted molar refractivity (Wildman–Crippen MR) is 74.8 cm³/mol. The second-order valence-electron chi connectivity index (χ2n) is 4.71. The molecule has 0 atom stereocenters. The molecule has 0 aliphatic rings. The van der Waals surface area contributed by atoms with Crippen molar-refractivity contribution in [2.24, 2.45) is 0 Å². The third kappa shape index (κ3) is 2.39. The summed E-state index contributed by atoms with van der Waals surface area (Å²) in [6.45, 7) is 5.33. The molecule has 98 valence electrons. The van der Waals surface area contributed by atoms with Crippen molar-refractivity contribution in [3.8, 4) is 0 Å². The molecule has 4 nitrogen and oxygen atoms in total. The van der Waals surface area contributed by atoms with Crippen molar-refractivity contribution in [1.82, 2.24) is 15.3 Å². The number of fused-ring (bicyclic) bond motifs is 1. The van der Waals surface area contributed by atoms with Gasteiger partial charge in [-0.05, 0) is 30.9 Å². The number of oxazole rings is 1. The standard InChI is InChI=1S/C15H17N3O/c1-10-11(2)19-14(18-10)9-16-8-13-5-3-4-12-6-7-17-15(12)13/h3-7,16-17H,8-9H2,1-2H3. The molecule has 0 unspecified atom stereocenters. The SMILES string of the molecule is Cc1nc(CNCc2cccc3cc[nH]c23)oc1C. The minimum atomic E-state index is 0.645. The molecule has 0 amide bonds. The van der Waals surface area contributed by atoms with Crippen LogP contribution in [0.25, 0.3) is 10.9 Å². The summed E-state index contributed by atoms with van der Waals surface area (Å²) >= 11 is 0. The number of rotatable bonds is 4. The fourth-order valence-electron chi connectivity index (χ4n) is 2.22. The van der Waals surface area contributed by atoms with Gasteiger partial charge >= 0.3 is 0 Å². The maximum Gasteiger partial charge on any atom is 0.208 e. The van der Waals surface area contributed by atoms with Gasteiger partial charge in [0.25, 0.3) is 0 Å². The summed E-state index contributed by atoms with van der Waals surface area (Å²) < 4.78 is 5.54. The summed E-state index contributed by atoms with van der Waals surface area (Å²) in [5.41, 5.74) is 3.40. The lowest BCUT2D eigenvalue weighted by Crippen LogP contribution is -2.13. The van der Waals surface area contributed by atoms with E-state index in [9.17, 15) is 0 Å². The van der Waals surface area contributed by atoms with E-state index in [1.807, 2.05) is 20.0 Å². The molecule has 0 radical (unpaired) electrons. The number of aromatic amines is 1. The van der Waals surface area contributed by atoms with E-state index < -0.39 is 0 Å². The van der Waals surface area contributed by atoms with E-state index in [0.717, 1.165) is 23.9 Å². The number of benzene rings is 1. The second-order valence-corrected chi connectivity index (χ2v) is 4.71. The first kappa shape index (κ1) is 12.0. The molecule has 0 bridgehead atoms. The normalized spacial score (nSPS) is 11.3. The van der Waals surface area contributed by atoms with Gasteiger partial charge in [-0.2, -0.15) is 0 Å². The number of nitrogens with zero attached hydrogens (tertiary/aromatic N) is 1. The van der Waals surface area contributed by atoms with E-state index in [2.05, 4.69) is 39.6 Å². The third-order valence-corrected chi connectivity index (χ3v) is 3.34. The molecule has 3 aromatic rings. The van der Waals surface area contributed by atoms with E-state index in [1.165, 1.54) is 16.5 Å². The predicted octanol–water partition coefficient (Wildman–Crippen LogP) is 3.06. The van der Waals surface area contributed by atoms with Gasteiger partial charge in [-0.1, -0.05) is 18.2 Å². The number of aromatic nitrogens is 2. The van der Waals surface area contributed by atoms with E-state index in [-0.39, 0.29) is 0 Å². The van der Waals surface area contributed by atoms with Gasteiger partial charge in [0.05, 0.1) is 12.2 Å². The summed E-state index contributed by atoms with van der Waals surface area (Å²) in [5.74, 6) is 1.64. The molecule has 0 spiro atoms. The van der Waals surface area contributed by atoms with Crippen LogP contribution in [0.3, 0.4) is 0 Å². The molecule has 4 heteroatoms. The summed E-state index contributed by atoms with van der Waals surface area (Å²) in [5, 5.41) is 4.60. The highest BCUT2D eigenvalue weighted by Crippen LogP contribution is 2.16. The lowest BCUT2D eigenvalue weighted by Gasteiger charge is -2.04. The van der Waals surface area contributed by atoms with Gasteiger partial charge in [0, 0.05) is 18.3 Å². The Morgan fingerprint density at radius 1 is 1.21 bits per heavy atom. The fourth-order valence-corrected chi connectivity index (χ4v) is 2.22. The van der Waals surface area contributed by atoms with Crippen molar-refractivity contribution in [3.05, 3.63) is 53.4 Å². The van der Waals surface area contributed by atoms with Crippen LogP contribution in [-0.4, -0.2) is 9.97 Å². The zero-order chi connectivity index (χ0) is 13.2. The summed E-state index contributed by atoms with van der Waals surface area (Å²) in [6.07, 6.45) is 1.97. The molecule has 0 aliphatic heterocycles. The minimum Gasteiger partial charge on any atom is -0.444 e. The highest BCUT2D eigenvalue weighted by Gasteiger charge is 2.06. The largest absolute Gasteiger partial charge is 0.444 e. The Morgan fingerprint density at radius 2 is 2.11 bits per heavy atom. The summed E-state index contributed by atoms with van der Waals surface area (Å²) in [6, 6.07) is 8.39. The Kier molecular flexibility index (Phi) is 3.09. The highest BCUT2D eigenvalue weighted by molar-refractivity contribution is 5.82. The number of H-pyrrole nitrogens is 1. The number of para-hydroxylation sites is 1. The van der Waals surface area contributed by atoms with E-state index in [0.29, 0.717) is 6.54 Å². The van der Waals surface area contributed by atoms with Crippen LogP contribution in [0.4, 0.5) is 0 Å². The quantitative estimate of drug-likeness (QED) is 0.753. The topological polar surface area (TPSA) is 53.9 Å². The van der Waals surface area contributed by atoms with Gasteiger partial charge in [-0.3, -0.25) is 0 Å². The van der Waals surface area contributed by atoms with Crippen LogP contribution in [0.15, 0.2) is 34.9 Å². The van der Waals surface area contributed by atoms with Crippen LogP contribution in [-0.2, 0) is 13.1 Å². The number of aryl methyl sites for hydroxylation is 2. The molecule has 0 aliphatic carbocycles. The monoisotopic (exact) mass is 255 g/mol. The molecular formula is C15H17N3O. The molecule has 0 saturated carbocycles. The molecule has 0 saturated heterocycles. The maximum absolute atomic E-state index is 5.54. The number of hydrogen-bond donors (Lipinski definition) is 2. The first-order valence-corrected chi connectivity index (χ1v) is 6.42. The van der Waals surface area contributed by atoms with Crippen molar-refractivity contribution >= 4 is 10.9 Å². The molecule has 3 rings (SSSR count). The van der Waals surface area contributed by atoms with Gasteiger partial charge in [-0.15, -0.1) is 0 Å². The Hall–Kier alpha value is -2.07. The number of hydrogen-bond acceptors (Lipinski definition) is 3. The van der Waals surface area contributed by atoms with Gasteiger partial charge in [0.1, 0.15) is 5.76 Å². The van der Waals surface area contributed by atoms with Crippen LogP contribution in [0, 0.1) is 13.8 Å². The number of nitrogens with one attached hydrogen (secondary N) is 2. The van der Waals surface area contributed by atoms with Gasteiger partial charge in [0.15, 0.2) is 0 Å². The van der Waals surface area contributed by atoms with Crippen LogP contribution in [0.1, 0.15) is 22.9 Å². The lowest BCUT2D eigenvalue weighted by atomic mass is 10.1. The van der Waals surface area contributed by atoms with Crippen molar-refractivity contribution in [2.75, 3.05) is 0 Å². The van der Waals surface area contributed by atoms with Crippen molar-refractivity contribution in [2.45, 2.75) is 26.9 Å². The van der Waals surface area contributed by atoms with Crippen LogP contribution in [0.5, 0.6) is 0 Å². The zero-order valence-corrected chi connectivity index (χ0v) is 11.2. The average Bonchev–Trinajstić information content (AvgIpc) is 2.98. The van der Waals surface area contributed by atoms with Gasteiger partial charge in [0.2, 0.25) is 5.89 Å². The van der Waals surface area contributed by atoms with Gasteiger partial charge in [-0.25, -0.2) is 4.98 Å². The molecule has 2 aromatic heterocycles. The molecular weight excluding hydrogens is 238 g/mol.